The summed E-state index contributed by atoms with van der Waals surface area (Å²) in [6.45, 7) is 16.2. The predicted octanol–water partition coefficient (Wildman–Crippen LogP) is 13.3. The number of esters is 1. The first-order chi connectivity index (χ1) is 27.8. The van der Waals surface area contributed by atoms with Crippen LogP contribution in [0.15, 0.2) is 97.1 Å². The highest BCUT2D eigenvalue weighted by Gasteiger charge is 2.48. The molecule has 6 nitrogen and oxygen atoms in total. The molecule has 6 rings (SSSR count). The lowest BCUT2D eigenvalue weighted by Crippen LogP contribution is -2.24. The van der Waals surface area contributed by atoms with Crippen molar-refractivity contribution in [2.24, 2.45) is 0 Å². The van der Waals surface area contributed by atoms with Gasteiger partial charge in [-0.3, -0.25) is 0 Å². The Hall–Kier alpha value is -4.59. The van der Waals surface area contributed by atoms with E-state index in [1.165, 1.54) is 0 Å². The summed E-state index contributed by atoms with van der Waals surface area (Å²) < 4.78 is 17.8. The topological polar surface area (TPSA) is 51.2 Å². The van der Waals surface area contributed by atoms with Gasteiger partial charge in [0.2, 0.25) is 0 Å². The molecule has 5 aromatic rings. The van der Waals surface area contributed by atoms with E-state index in [1.807, 2.05) is 60.7 Å². The summed E-state index contributed by atoms with van der Waals surface area (Å²) in [6, 6.07) is 28.4. The van der Waals surface area contributed by atoms with E-state index in [0.717, 1.165) is 82.1 Å². The second kappa shape index (κ2) is 18.1. The van der Waals surface area contributed by atoms with Crippen LogP contribution >= 0.6 is 46.4 Å². The SMILES string of the molecule is CCN(CC)c1ccc(C(=CC2(C=C(c3ccc(OC)cc3)c3ccc(N(CC)CC)cc3C)OC(=O)c3c(Cl)c(Cl)c(Cl)c(Cl)c32)c2ccc(OC)cc2)c(C)c1. The molecule has 0 saturated carbocycles. The van der Waals surface area contributed by atoms with E-state index >= 15 is 0 Å². The molecule has 0 radical (unpaired) electrons. The standard InChI is InChI=1S/C48H48Cl4N2O4/c1-9-53(10-2)33-17-23-37(29(5)25-33)39(31-13-19-35(56-7)20-14-31)27-48(42-41(47(55)58-48)43(49)45(51)46(52)44(42)50)28-40(32-15-21-36(57-8)22-16-32)38-24-18-34(26-30(38)6)54(11-3)12-4/h13-28H,9-12H2,1-8H3. The molecule has 0 bridgehead atoms. The summed E-state index contributed by atoms with van der Waals surface area (Å²) in [5, 5.41) is 0.0309. The van der Waals surface area contributed by atoms with Crippen LogP contribution in [0.2, 0.25) is 20.1 Å². The van der Waals surface area contributed by atoms with E-state index in [-0.39, 0.29) is 25.7 Å². The lowest BCUT2D eigenvalue weighted by Gasteiger charge is -2.28. The van der Waals surface area contributed by atoms with Crippen LogP contribution < -0.4 is 19.3 Å². The fourth-order valence-corrected chi connectivity index (χ4v) is 8.84. The number of nitrogens with zero attached hydrogens (tertiary/aromatic N) is 2. The fourth-order valence-electron chi connectivity index (χ4n) is 7.76. The molecule has 1 aliphatic rings. The molecule has 0 saturated heterocycles. The average molecular weight is 859 g/mol. The molecule has 1 aliphatic heterocycles. The Labute approximate surface area is 362 Å². The van der Waals surface area contributed by atoms with Crippen molar-refractivity contribution >= 4 is 74.9 Å². The summed E-state index contributed by atoms with van der Waals surface area (Å²) in [6.07, 6.45) is 3.90. The molecule has 1 heterocycles. The molecule has 0 aromatic heterocycles. The van der Waals surface area contributed by atoms with Crippen molar-refractivity contribution in [2.75, 3.05) is 50.2 Å². The largest absolute Gasteiger partial charge is 0.497 e. The van der Waals surface area contributed by atoms with Crippen LogP contribution in [0.1, 0.15) is 77.0 Å². The molecule has 0 amide bonds. The van der Waals surface area contributed by atoms with Gasteiger partial charge in [0.05, 0.1) is 39.9 Å². The van der Waals surface area contributed by atoms with Crippen LogP contribution in [0.4, 0.5) is 11.4 Å². The first kappa shape index (κ1) is 43.0. The van der Waals surface area contributed by atoms with Gasteiger partial charge in [-0.2, -0.15) is 0 Å². The maximum absolute atomic E-state index is 14.3. The fraction of sp³-hybridized carbons (Fsp3) is 0.271. The number of aryl methyl sites for hydroxylation is 2. The molecule has 10 heteroatoms. The van der Waals surface area contributed by atoms with Gasteiger partial charge in [0.25, 0.3) is 0 Å². The van der Waals surface area contributed by atoms with Crippen molar-refractivity contribution in [2.45, 2.75) is 47.1 Å². The molecule has 0 N–H and O–H groups in total. The number of hydrogen-bond donors (Lipinski definition) is 0. The highest BCUT2D eigenvalue weighted by molar-refractivity contribution is 6.53. The van der Waals surface area contributed by atoms with Gasteiger partial charge in [-0.15, -0.1) is 0 Å². The van der Waals surface area contributed by atoms with Crippen molar-refractivity contribution in [1.29, 1.82) is 0 Å². The summed E-state index contributed by atoms with van der Waals surface area (Å²) in [5.74, 6) is 0.717. The molecule has 0 fully saturated rings. The number of fused-ring (bicyclic) bond motifs is 1. The van der Waals surface area contributed by atoms with E-state index < -0.39 is 11.6 Å². The summed E-state index contributed by atoms with van der Waals surface area (Å²) in [4.78, 5) is 18.9. The number of hydrogen-bond acceptors (Lipinski definition) is 6. The maximum atomic E-state index is 14.3. The number of ether oxygens (including phenoxy) is 3. The smallest absolute Gasteiger partial charge is 0.341 e. The van der Waals surface area contributed by atoms with Gasteiger partial charge in [0.1, 0.15) is 11.5 Å². The minimum absolute atomic E-state index is 0.0214. The van der Waals surface area contributed by atoms with Crippen LogP contribution in [0.5, 0.6) is 11.5 Å². The number of halogens is 4. The third-order valence-electron chi connectivity index (χ3n) is 10.9. The minimum Gasteiger partial charge on any atom is -0.497 e. The summed E-state index contributed by atoms with van der Waals surface area (Å²) in [7, 11) is 3.27. The van der Waals surface area contributed by atoms with Gasteiger partial charge in [-0.25, -0.2) is 4.79 Å². The van der Waals surface area contributed by atoms with Gasteiger partial charge in [-0.05, 0) is 147 Å². The number of methoxy groups -OCH3 is 2. The Morgan fingerprint density at radius 1 is 0.603 bits per heavy atom. The quantitative estimate of drug-likeness (QED) is 0.0630. The molecular weight excluding hydrogens is 810 g/mol. The molecule has 0 aliphatic carbocycles. The van der Waals surface area contributed by atoms with Crippen LogP contribution in [-0.4, -0.2) is 46.4 Å². The Bertz CT molecular complexity index is 2260. The Morgan fingerprint density at radius 3 is 1.36 bits per heavy atom. The van der Waals surface area contributed by atoms with Crippen molar-refractivity contribution in [3.05, 3.63) is 162 Å². The highest BCUT2D eigenvalue weighted by atomic mass is 35.5. The third kappa shape index (κ3) is 8.18. The van der Waals surface area contributed by atoms with Crippen molar-refractivity contribution in [3.8, 4) is 11.5 Å². The average Bonchev–Trinajstić information content (AvgIpc) is 3.53. The first-order valence-corrected chi connectivity index (χ1v) is 20.9. The number of benzene rings is 5. The van der Waals surface area contributed by atoms with Crippen molar-refractivity contribution in [3.63, 3.8) is 0 Å². The number of cyclic esters (lactones) is 1. The van der Waals surface area contributed by atoms with E-state index in [1.54, 1.807) is 14.2 Å². The number of carbonyl (C=O) groups is 1. The second-order valence-corrected chi connectivity index (χ2v) is 15.6. The monoisotopic (exact) mass is 856 g/mol. The molecular formula is C48H48Cl4N2O4. The van der Waals surface area contributed by atoms with E-state index in [9.17, 15) is 4.79 Å². The molecule has 302 valence electrons. The van der Waals surface area contributed by atoms with E-state index in [0.29, 0.717) is 17.1 Å². The third-order valence-corrected chi connectivity index (χ3v) is 12.7. The lowest BCUT2D eigenvalue weighted by molar-refractivity contribution is 0.0300. The summed E-state index contributed by atoms with van der Waals surface area (Å²) in [5.41, 5.74) is 8.06. The number of carbonyl (C=O) groups excluding carboxylic acids is 1. The minimum atomic E-state index is -1.65. The first-order valence-electron chi connectivity index (χ1n) is 19.4. The van der Waals surface area contributed by atoms with Gasteiger partial charge in [0, 0.05) is 43.1 Å². The van der Waals surface area contributed by atoms with Crippen molar-refractivity contribution in [1.82, 2.24) is 0 Å². The van der Waals surface area contributed by atoms with Gasteiger partial charge < -0.3 is 24.0 Å². The molecule has 0 atom stereocenters. The van der Waals surface area contributed by atoms with Crippen LogP contribution in [0.3, 0.4) is 0 Å². The van der Waals surface area contributed by atoms with Gasteiger partial charge >= 0.3 is 5.97 Å². The van der Waals surface area contributed by atoms with E-state index in [2.05, 4.69) is 87.7 Å². The highest BCUT2D eigenvalue weighted by Crippen LogP contribution is 2.54. The number of rotatable bonds is 14. The zero-order chi connectivity index (χ0) is 41.9. The zero-order valence-corrected chi connectivity index (χ0v) is 37.1. The van der Waals surface area contributed by atoms with Crippen LogP contribution in [-0.2, 0) is 10.3 Å². The molecule has 0 unspecified atom stereocenters. The van der Waals surface area contributed by atoms with Crippen LogP contribution in [0.25, 0.3) is 11.1 Å². The number of anilines is 2. The molecule has 5 aromatic carbocycles. The Morgan fingerprint density at radius 2 is 1.00 bits per heavy atom. The van der Waals surface area contributed by atoms with Gasteiger partial charge in [0.15, 0.2) is 5.60 Å². The Kier molecular flexibility index (Phi) is 13.4. The maximum Gasteiger partial charge on any atom is 0.341 e. The van der Waals surface area contributed by atoms with Crippen LogP contribution in [0, 0.1) is 13.8 Å². The predicted molar refractivity (Wildman–Crippen MR) is 243 cm³/mol. The zero-order valence-electron chi connectivity index (χ0n) is 34.1. The molecule has 0 spiro atoms. The second-order valence-electron chi connectivity index (χ2n) is 14.1. The Balaban J connectivity index is 1.76. The lowest BCUT2D eigenvalue weighted by atomic mass is 9.82. The van der Waals surface area contributed by atoms with E-state index in [4.69, 9.17) is 60.6 Å². The normalized spacial score (nSPS) is 15.3. The molecule has 58 heavy (non-hydrogen) atoms. The van der Waals surface area contributed by atoms with Crippen molar-refractivity contribution < 1.29 is 19.0 Å². The summed E-state index contributed by atoms with van der Waals surface area (Å²) >= 11 is 27.6. The van der Waals surface area contributed by atoms with Gasteiger partial charge in [-0.1, -0.05) is 82.8 Å².